The first-order valence-corrected chi connectivity index (χ1v) is 7.05. The topological polar surface area (TPSA) is 58.6 Å². The van der Waals surface area contributed by atoms with Gasteiger partial charge in [0.05, 0.1) is 17.3 Å². The number of hydrogen-bond acceptors (Lipinski definition) is 3. The van der Waals surface area contributed by atoms with Crippen LogP contribution in [0, 0.1) is 13.8 Å². The molecule has 0 heterocycles. The first kappa shape index (κ1) is 17.5. The highest BCUT2D eigenvalue weighted by Crippen LogP contribution is 2.31. The van der Waals surface area contributed by atoms with Crippen LogP contribution in [0.5, 0.6) is 0 Å². The van der Waals surface area contributed by atoms with Gasteiger partial charge in [-0.3, -0.25) is 9.59 Å². The molecule has 0 spiro atoms. The first-order chi connectivity index (χ1) is 9.86. The number of benzene rings is 1. The molecule has 0 atom stereocenters. The summed E-state index contributed by atoms with van der Waals surface area (Å²) < 4.78 is 4.86. The Morgan fingerprint density at radius 2 is 2.00 bits per heavy atom. The van der Waals surface area contributed by atoms with Crippen LogP contribution in [-0.2, 0) is 14.3 Å². The van der Waals surface area contributed by atoms with E-state index in [1.165, 1.54) is 11.8 Å². The van der Waals surface area contributed by atoms with Crippen LogP contribution in [0.25, 0.3) is 0 Å². The van der Waals surface area contributed by atoms with Gasteiger partial charge in [-0.05, 0) is 31.0 Å². The molecule has 1 aromatic carbocycles. The van der Waals surface area contributed by atoms with Gasteiger partial charge in [0.25, 0.3) is 0 Å². The third kappa shape index (κ3) is 5.02. The first-order valence-electron chi connectivity index (χ1n) is 6.67. The second-order valence-electron chi connectivity index (χ2n) is 4.86. The molecule has 2 amide bonds. The number of nitrogens with one attached hydrogen (secondary N) is 1. The second kappa shape index (κ2) is 8.00. The molecule has 1 N–H and O–H groups in total. The molecule has 6 heteroatoms. The third-order valence-electron chi connectivity index (χ3n) is 2.98. The van der Waals surface area contributed by atoms with E-state index in [1.54, 1.807) is 13.2 Å². The number of carbonyl (C=O) groups excluding carboxylic acids is 2. The van der Waals surface area contributed by atoms with Gasteiger partial charge in [0.1, 0.15) is 6.54 Å². The molecular formula is C15H21ClN2O3. The number of methoxy groups -OCH3 is 1. The Kier molecular flexibility index (Phi) is 6.65. The van der Waals surface area contributed by atoms with Crippen LogP contribution in [0.1, 0.15) is 18.1 Å². The van der Waals surface area contributed by atoms with Crippen LogP contribution in [0.3, 0.4) is 0 Å². The summed E-state index contributed by atoms with van der Waals surface area (Å²) in [5.41, 5.74) is 2.45. The van der Waals surface area contributed by atoms with Crippen molar-refractivity contribution in [3.8, 4) is 0 Å². The zero-order chi connectivity index (χ0) is 16.0. The zero-order valence-corrected chi connectivity index (χ0v) is 13.6. The Morgan fingerprint density at radius 1 is 1.33 bits per heavy atom. The molecule has 116 valence electrons. The maximum absolute atomic E-state index is 11.9. The summed E-state index contributed by atoms with van der Waals surface area (Å²) >= 11 is 6.24. The number of ether oxygens (including phenoxy) is 1. The maximum Gasteiger partial charge on any atom is 0.240 e. The molecule has 0 unspecified atom stereocenters. The van der Waals surface area contributed by atoms with E-state index in [-0.39, 0.29) is 18.4 Å². The minimum absolute atomic E-state index is 0.0668. The molecule has 0 saturated heterocycles. The highest BCUT2D eigenvalue weighted by atomic mass is 35.5. The van der Waals surface area contributed by atoms with Crippen molar-refractivity contribution in [1.29, 1.82) is 0 Å². The number of amides is 2. The Bertz CT molecular complexity index is 509. The van der Waals surface area contributed by atoms with E-state index < -0.39 is 0 Å². The molecule has 0 fully saturated rings. The quantitative estimate of drug-likeness (QED) is 0.818. The number of rotatable bonds is 6. The number of anilines is 1. The van der Waals surface area contributed by atoms with Crippen LogP contribution in [0.2, 0.25) is 5.02 Å². The van der Waals surface area contributed by atoms with Gasteiger partial charge < -0.3 is 15.0 Å². The van der Waals surface area contributed by atoms with E-state index in [0.717, 1.165) is 11.1 Å². The molecule has 0 saturated carbocycles. The Balaban J connectivity index is 2.93. The van der Waals surface area contributed by atoms with E-state index in [2.05, 4.69) is 5.32 Å². The molecule has 5 nitrogen and oxygen atoms in total. The SMILES string of the molecule is COCCNC(=O)CN(C(C)=O)c1c(C)cc(C)cc1Cl. The van der Waals surface area contributed by atoms with Gasteiger partial charge in [0, 0.05) is 20.6 Å². The summed E-state index contributed by atoms with van der Waals surface area (Å²) in [6.07, 6.45) is 0. The summed E-state index contributed by atoms with van der Waals surface area (Å²) in [7, 11) is 1.56. The van der Waals surface area contributed by atoms with Crippen molar-refractivity contribution in [2.24, 2.45) is 0 Å². The fourth-order valence-electron chi connectivity index (χ4n) is 2.09. The smallest absolute Gasteiger partial charge is 0.240 e. The summed E-state index contributed by atoms with van der Waals surface area (Å²) in [6, 6.07) is 3.71. The van der Waals surface area contributed by atoms with Crippen LogP contribution in [-0.4, -0.2) is 38.6 Å². The molecular weight excluding hydrogens is 292 g/mol. The lowest BCUT2D eigenvalue weighted by Crippen LogP contribution is -2.41. The predicted octanol–water partition coefficient (Wildman–Crippen LogP) is 2.07. The van der Waals surface area contributed by atoms with Gasteiger partial charge in [-0.1, -0.05) is 17.7 Å². The van der Waals surface area contributed by atoms with E-state index in [0.29, 0.717) is 23.9 Å². The fraction of sp³-hybridized carbons (Fsp3) is 0.467. The molecule has 1 rings (SSSR count). The van der Waals surface area contributed by atoms with Gasteiger partial charge in [0.2, 0.25) is 11.8 Å². The lowest BCUT2D eigenvalue weighted by atomic mass is 10.1. The van der Waals surface area contributed by atoms with Gasteiger partial charge in [0.15, 0.2) is 0 Å². The van der Waals surface area contributed by atoms with Gasteiger partial charge in [-0.2, -0.15) is 0 Å². The van der Waals surface area contributed by atoms with E-state index in [1.807, 2.05) is 19.9 Å². The normalized spacial score (nSPS) is 10.3. The number of carbonyl (C=O) groups is 2. The lowest BCUT2D eigenvalue weighted by Gasteiger charge is -2.24. The van der Waals surface area contributed by atoms with Gasteiger partial charge in [-0.15, -0.1) is 0 Å². The average molecular weight is 313 g/mol. The summed E-state index contributed by atoms with van der Waals surface area (Å²) in [5, 5.41) is 3.15. The largest absolute Gasteiger partial charge is 0.383 e. The van der Waals surface area contributed by atoms with Crippen molar-refractivity contribution in [3.63, 3.8) is 0 Å². The van der Waals surface area contributed by atoms with Crippen molar-refractivity contribution in [3.05, 3.63) is 28.3 Å². The zero-order valence-electron chi connectivity index (χ0n) is 12.8. The molecule has 21 heavy (non-hydrogen) atoms. The van der Waals surface area contributed by atoms with E-state index in [4.69, 9.17) is 16.3 Å². The molecule has 0 aliphatic rings. The monoisotopic (exact) mass is 312 g/mol. The van der Waals surface area contributed by atoms with E-state index in [9.17, 15) is 9.59 Å². The van der Waals surface area contributed by atoms with Crippen molar-refractivity contribution in [1.82, 2.24) is 5.32 Å². The molecule has 0 aliphatic carbocycles. The highest BCUT2D eigenvalue weighted by Gasteiger charge is 2.20. The van der Waals surface area contributed by atoms with Crippen LogP contribution in [0.4, 0.5) is 5.69 Å². The fourth-order valence-corrected chi connectivity index (χ4v) is 2.51. The van der Waals surface area contributed by atoms with Crippen molar-refractivity contribution in [2.45, 2.75) is 20.8 Å². The van der Waals surface area contributed by atoms with Crippen molar-refractivity contribution in [2.75, 3.05) is 31.7 Å². The maximum atomic E-state index is 11.9. The predicted molar refractivity (Wildman–Crippen MR) is 83.8 cm³/mol. The van der Waals surface area contributed by atoms with Crippen molar-refractivity contribution >= 4 is 29.1 Å². The second-order valence-corrected chi connectivity index (χ2v) is 5.27. The third-order valence-corrected chi connectivity index (χ3v) is 3.27. The van der Waals surface area contributed by atoms with Gasteiger partial charge in [-0.25, -0.2) is 0 Å². The standard InChI is InChI=1S/C15H21ClN2O3/c1-10-7-11(2)15(13(16)8-10)18(12(3)19)9-14(20)17-5-6-21-4/h7-8H,5-6,9H2,1-4H3,(H,17,20). The Labute approximate surface area is 130 Å². The van der Waals surface area contributed by atoms with Crippen LogP contribution < -0.4 is 10.2 Å². The van der Waals surface area contributed by atoms with Crippen LogP contribution >= 0.6 is 11.6 Å². The number of nitrogens with zero attached hydrogens (tertiary/aromatic N) is 1. The Morgan fingerprint density at radius 3 is 2.52 bits per heavy atom. The Hall–Kier alpha value is -1.59. The van der Waals surface area contributed by atoms with Gasteiger partial charge >= 0.3 is 0 Å². The lowest BCUT2D eigenvalue weighted by molar-refractivity contribution is -0.123. The van der Waals surface area contributed by atoms with E-state index >= 15 is 0 Å². The molecule has 0 bridgehead atoms. The molecule has 0 radical (unpaired) electrons. The molecule has 0 aliphatic heterocycles. The number of halogens is 1. The minimum Gasteiger partial charge on any atom is -0.383 e. The highest BCUT2D eigenvalue weighted by molar-refractivity contribution is 6.34. The summed E-state index contributed by atoms with van der Waals surface area (Å²) in [5.74, 6) is -0.482. The summed E-state index contributed by atoms with van der Waals surface area (Å²) in [4.78, 5) is 25.1. The molecule has 1 aromatic rings. The minimum atomic E-state index is -0.252. The average Bonchev–Trinajstić information content (AvgIpc) is 2.36. The van der Waals surface area contributed by atoms with Crippen molar-refractivity contribution < 1.29 is 14.3 Å². The van der Waals surface area contributed by atoms with Crippen LogP contribution in [0.15, 0.2) is 12.1 Å². The number of hydrogen-bond donors (Lipinski definition) is 1. The number of aryl methyl sites for hydroxylation is 2. The summed E-state index contributed by atoms with van der Waals surface area (Å²) in [6.45, 7) is 5.98. The molecule has 0 aromatic heterocycles.